The van der Waals surface area contributed by atoms with E-state index >= 15 is 0 Å². The molecule has 4 rings (SSSR count). The number of para-hydroxylation sites is 1. The van der Waals surface area contributed by atoms with E-state index in [1.165, 1.54) is 0 Å². The number of carbonyl (C=O) groups is 1. The molecule has 0 atom stereocenters. The van der Waals surface area contributed by atoms with E-state index in [-0.39, 0.29) is 5.88 Å². The number of rotatable bonds is 5. The average Bonchev–Trinajstić information content (AvgIpc) is 2.76. The molecule has 142 valence electrons. The fourth-order valence-electron chi connectivity index (χ4n) is 2.59. The van der Waals surface area contributed by atoms with Gasteiger partial charge in [-0.05, 0) is 66.7 Å². The molecule has 0 fully saturated rings. The molecule has 0 aliphatic rings. The van der Waals surface area contributed by atoms with Crippen LogP contribution >= 0.6 is 15.9 Å². The topological polar surface area (TPSA) is 61.3 Å². The minimum absolute atomic E-state index is 0.144. The third-order valence-corrected chi connectivity index (χ3v) is 4.57. The van der Waals surface area contributed by atoms with Gasteiger partial charge in [-0.1, -0.05) is 34.1 Å². The van der Waals surface area contributed by atoms with Gasteiger partial charge in [-0.15, -0.1) is 10.2 Å². The normalized spacial score (nSPS) is 10.4. The zero-order valence-electron chi connectivity index (χ0n) is 15.2. The van der Waals surface area contributed by atoms with E-state index in [9.17, 15) is 4.79 Å². The van der Waals surface area contributed by atoms with Crippen molar-refractivity contribution < 1.29 is 14.3 Å². The highest BCUT2D eigenvalue weighted by atomic mass is 79.9. The lowest BCUT2D eigenvalue weighted by Crippen LogP contribution is -2.09. The van der Waals surface area contributed by atoms with Crippen LogP contribution in [0.25, 0.3) is 11.3 Å². The summed E-state index contributed by atoms with van der Waals surface area (Å²) >= 11 is 3.33. The Bertz CT molecular complexity index is 1100. The molecule has 0 saturated carbocycles. The second kappa shape index (κ2) is 8.67. The summed E-state index contributed by atoms with van der Waals surface area (Å²) in [6.45, 7) is 0. The predicted molar refractivity (Wildman–Crippen MR) is 113 cm³/mol. The average molecular weight is 447 g/mol. The van der Waals surface area contributed by atoms with Crippen LogP contribution in [0.1, 0.15) is 10.4 Å². The van der Waals surface area contributed by atoms with Crippen LogP contribution in [0.5, 0.6) is 17.4 Å². The molecule has 0 amide bonds. The minimum atomic E-state index is -0.484. The standard InChI is InChI=1S/C23H15BrN2O3/c24-18-10-6-17(7-11-18)23(27)29-22-15-14-21(25-26-22)16-8-12-20(13-9-16)28-19-4-2-1-3-5-19/h1-15H. The summed E-state index contributed by atoms with van der Waals surface area (Å²) in [6, 6.07) is 27.4. The zero-order chi connectivity index (χ0) is 20.1. The van der Waals surface area contributed by atoms with Crippen LogP contribution in [0.4, 0.5) is 0 Å². The molecule has 3 aromatic carbocycles. The van der Waals surface area contributed by atoms with Gasteiger partial charge >= 0.3 is 5.97 Å². The van der Waals surface area contributed by atoms with Crippen LogP contribution in [0.3, 0.4) is 0 Å². The first-order valence-electron chi connectivity index (χ1n) is 8.82. The van der Waals surface area contributed by atoms with Gasteiger partial charge in [0.05, 0.1) is 11.3 Å². The molecule has 29 heavy (non-hydrogen) atoms. The van der Waals surface area contributed by atoms with E-state index in [2.05, 4.69) is 26.1 Å². The van der Waals surface area contributed by atoms with Crippen molar-refractivity contribution in [3.05, 3.63) is 101 Å². The first-order chi connectivity index (χ1) is 14.2. The van der Waals surface area contributed by atoms with Crippen molar-refractivity contribution in [3.8, 4) is 28.6 Å². The third kappa shape index (κ3) is 4.86. The molecule has 0 aliphatic carbocycles. The lowest BCUT2D eigenvalue weighted by Gasteiger charge is -2.07. The molecule has 1 heterocycles. The maximum Gasteiger partial charge on any atom is 0.344 e. The van der Waals surface area contributed by atoms with Gasteiger partial charge in [0.1, 0.15) is 11.5 Å². The van der Waals surface area contributed by atoms with Crippen molar-refractivity contribution >= 4 is 21.9 Å². The number of aromatic nitrogens is 2. The van der Waals surface area contributed by atoms with Crippen LogP contribution in [0, 0.1) is 0 Å². The number of nitrogens with zero attached hydrogens (tertiary/aromatic N) is 2. The third-order valence-electron chi connectivity index (χ3n) is 4.05. The van der Waals surface area contributed by atoms with Gasteiger partial charge in [0.2, 0.25) is 5.88 Å². The Morgan fingerprint density at radius 3 is 2.07 bits per heavy atom. The van der Waals surface area contributed by atoms with Crippen molar-refractivity contribution in [2.24, 2.45) is 0 Å². The molecule has 0 saturated heterocycles. The molecular weight excluding hydrogens is 432 g/mol. The summed E-state index contributed by atoms with van der Waals surface area (Å²) in [7, 11) is 0. The van der Waals surface area contributed by atoms with E-state index in [0.717, 1.165) is 21.5 Å². The number of hydrogen-bond donors (Lipinski definition) is 0. The molecule has 0 spiro atoms. The second-order valence-corrected chi connectivity index (χ2v) is 7.01. The zero-order valence-corrected chi connectivity index (χ0v) is 16.7. The largest absolute Gasteiger partial charge is 0.457 e. The van der Waals surface area contributed by atoms with Gasteiger partial charge < -0.3 is 9.47 Å². The molecular formula is C23H15BrN2O3. The van der Waals surface area contributed by atoms with Gasteiger partial charge in [-0.3, -0.25) is 0 Å². The second-order valence-electron chi connectivity index (χ2n) is 6.09. The van der Waals surface area contributed by atoms with Gasteiger partial charge in [0, 0.05) is 16.1 Å². The molecule has 4 aromatic rings. The molecule has 0 radical (unpaired) electrons. The van der Waals surface area contributed by atoms with E-state index in [1.54, 1.807) is 36.4 Å². The Labute approximate surface area is 176 Å². The lowest BCUT2D eigenvalue weighted by molar-refractivity contribution is 0.0726. The Kier molecular flexibility index (Phi) is 5.63. The highest BCUT2D eigenvalue weighted by Gasteiger charge is 2.10. The SMILES string of the molecule is O=C(Oc1ccc(-c2ccc(Oc3ccccc3)cc2)nn1)c1ccc(Br)cc1. The monoisotopic (exact) mass is 446 g/mol. The van der Waals surface area contributed by atoms with Gasteiger partial charge in [-0.25, -0.2) is 4.79 Å². The predicted octanol–water partition coefficient (Wildman–Crippen LogP) is 5.92. The summed E-state index contributed by atoms with van der Waals surface area (Å²) in [5.74, 6) is 1.16. The molecule has 0 N–H and O–H groups in total. The fourth-order valence-corrected chi connectivity index (χ4v) is 2.85. The Morgan fingerprint density at radius 2 is 1.41 bits per heavy atom. The van der Waals surface area contributed by atoms with Crippen LogP contribution < -0.4 is 9.47 Å². The number of esters is 1. The number of halogens is 1. The summed E-state index contributed by atoms with van der Waals surface area (Å²) < 4.78 is 11.9. The smallest absolute Gasteiger partial charge is 0.344 e. The Hall–Kier alpha value is -3.51. The quantitative estimate of drug-likeness (QED) is 0.356. The van der Waals surface area contributed by atoms with E-state index in [4.69, 9.17) is 9.47 Å². The van der Waals surface area contributed by atoms with Crippen molar-refractivity contribution in [1.82, 2.24) is 10.2 Å². The van der Waals surface area contributed by atoms with Crippen LogP contribution in [-0.4, -0.2) is 16.2 Å². The first-order valence-corrected chi connectivity index (χ1v) is 9.61. The van der Waals surface area contributed by atoms with Crippen LogP contribution in [-0.2, 0) is 0 Å². The summed E-state index contributed by atoms with van der Waals surface area (Å²) in [4.78, 5) is 12.1. The molecule has 5 nitrogen and oxygen atoms in total. The van der Waals surface area contributed by atoms with Crippen molar-refractivity contribution in [1.29, 1.82) is 0 Å². The Balaban J connectivity index is 1.42. The maximum absolute atomic E-state index is 12.1. The molecule has 0 bridgehead atoms. The van der Waals surface area contributed by atoms with Gasteiger partial charge in [0.15, 0.2) is 0 Å². The minimum Gasteiger partial charge on any atom is -0.457 e. The summed E-state index contributed by atoms with van der Waals surface area (Å²) in [5.41, 5.74) is 1.98. The summed E-state index contributed by atoms with van der Waals surface area (Å²) in [6.07, 6.45) is 0. The Morgan fingerprint density at radius 1 is 0.724 bits per heavy atom. The van der Waals surface area contributed by atoms with Crippen molar-refractivity contribution in [2.45, 2.75) is 0 Å². The van der Waals surface area contributed by atoms with E-state index < -0.39 is 5.97 Å². The molecule has 0 unspecified atom stereocenters. The maximum atomic E-state index is 12.1. The van der Waals surface area contributed by atoms with Crippen molar-refractivity contribution in [3.63, 3.8) is 0 Å². The number of benzene rings is 3. The van der Waals surface area contributed by atoms with Gasteiger partial charge in [0.25, 0.3) is 0 Å². The number of hydrogen-bond acceptors (Lipinski definition) is 5. The molecule has 1 aromatic heterocycles. The lowest BCUT2D eigenvalue weighted by atomic mass is 10.1. The van der Waals surface area contributed by atoms with E-state index in [1.807, 2.05) is 54.6 Å². The number of ether oxygens (including phenoxy) is 2. The van der Waals surface area contributed by atoms with Crippen molar-refractivity contribution in [2.75, 3.05) is 0 Å². The summed E-state index contributed by atoms with van der Waals surface area (Å²) in [5, 5.41) is 8.14. The molecule has 6 heteroatoms. The highest BCUT2D eigenvalue weighted by Crippen LogP contribution is 2.25. The molecule has 0 aliphatic heterocycles. The van der Waals surface area contributed by atoms with Gasteiger partial charge in [-0.2, -0.15) is 0 Å². The number of carbonyl (C=O) groups excluding carboxylic acids is 1. The van der Waals surface area contributed by atoms with E-state index in [0.29, 0.717) is 11.3 Å². The van der Waals surface area contributed by atoms with Crippen LogP contribution in [0.2, 0.25) is 0 Å². The highest BCUT2D eigenvalue weighted by molar-refractivity contribution is 9.10. The first kappa shape index (κ1) is 18.8. The van der Waals surface area contributed by atoms with Crippen LogP contribution in [0.15, 0.2) is 95.5 Å². The fraction of sp³-hybridized carbons (Fsp3) is 0.